The van der Waals surface area contributed by atoms with E-state index in [1.165, 1.54) is 0 Å². The third kappa shape index (κ3) is 5.04. The highest BCUT2D eigenvalue weighted by molar-refractivity contribution is 5.94. The molecule has 2 aromatic rings. The Morgan fingerprint density at radius 2 is 1.93 bits per heavy atom. The molecule has 0 atom stereocenters. The summed E-state index contributed by atoms with van der Waals surface area (Å²) in [6.45, 7) is 5.41. The molecule has 30 heavy (non-hydrogen) atoms. The number of nitrogens with zero attached hydrogens (tertiary/aromatic N) is 4. The van der Waals surface area contributed by atoms with Crippen LogP contribution in [0.2, 0.25) is 0 Å². The number of carbonyl (C=O) groups excluding carboxylic acids is 1. The second kappa shape index (κ2) is 10.3. The van der Waals surface area contributed by atoms with E-state index >= 15 is 0 Å². The number of ether oxygens (including phenoxy) is 2. The summed E-state index contributed by atoms with van der Waals surface area (Å²) in [5.74, 6) is 2.73. The molecule has 8 heteroatoms. The molecular formula is C22H33N5O3. The Morgan fingerprint density at radius 1 is 1.23 bits per heavy atom. The number of hydrogen-bond donors (Lipinski definition) is 1. The van der Waals surface area contributed by atoms with E-state index in [0.717, 1.165) is 68.5 Å². The highest BCUT2D eigenvalue weighted by Crippen LogP contribution is 2.36. The minimum Gasteiger partial charge on any atom is -0.493 e. The van der Waals surface area contributed by atoms with Crippen LogP contribution in [0.1, 0.15) is 32.6 Å². The number of aromatic nitrogens is 2. The van der Waals surface area contributed by atoms with E-state index in [1.807, 2.05) is 24.1 Å². The molecular weight excluding hydrogens is 382 g/mol. The van der Waals surface area contributed by atoms with E-state index in [4.69, 9.17) is 9.47 Å². The normalized spacial score (nSPS) is 14.6. The zero-order valence-corrected chi connectivity index (χ0v) is 18.5. The number of nitrogens with one attached hydrogen (secondary N) is 1. The fourth-order valence-corrected chi connectivity index (χ4v) is 3.93. The smallest absolute Gasteiger partial charge is 0.317 e. The molecule has 1 aliphatic heterocycles. The van der Waals surface area contributed by atoms with Gasteiger partial charge in [0.1, 0.15) is 0 Å². The molecule has 0 aliphatic carbocycles. The second-order valence-electron chi connectivity index (χ2n) is 7.86. The topological polar surface area (TPSA) is 79.8 Å². The largest absolute Gasteiger partial charge is 0.493 e. The Hall–Kier alpha value is -2.77. The predicted molar refractivity (Wildman–Crippen MR) is 119 cm³/mol. The van der Waals surface area contributed by atoms with Gasteiger partial charge in [0.15, 0.2) is 17.3 Å². The number of piperidine rings is 1. The van der Waals surface area contributed by atoms with E-state index in [-0.39, 0.29) is 6.03 Å². The van der Waals surface area contributed by atoms with Gasteiger partial charge in [0.2, 0.25) is 0 Å². The Balaban J connectivity index is 1.63. The summed E-state index contributed by atoms with van der Waals surface area (Å²) in [4.78, 5) is 16.3. The number of rotatable bonds is 8. The van der Waals surface area contributed by atoms with Gasteiger partial charge in [0.25, 0.3) is 0 Å². The van der Waals surface area contributed by atoms with Gasteiger partial charge in [-0.05, 0) is 37.3 Å². The molecule has 0 unspecified atom stereocenters. The average Bonchev–Trinajstić information content (AvgIpc) is 2.78. The first-order valence-corrected chi connectivity index (χ1v) is 10.7. The van der Waals surface area contributed by atoms with Crippen LogP contribution >= 0.6 is 0 Å². The summed E-state index contributed by atoms with van der Waals surface area (Å²) in [5.41, 5.74) is 0. The van der Waals surface area contributed by atoms with Gasteiger partial charge in [-0.15, -0.1) is 5.10 Å². The second-order valence-corrected chi connectivity index (χ2v) is 7.86. The van der Waals surface area contributed by atoms with Gasteiger partial charge in [-0.1, -0.05) is 13.3 Å². The van der Waals surface area contributed by atoms with Crippen molar-refractivity contribution < 1.29 is 14.3 Å². The first kappa shape index (κ1) is 21.9. The van der Waals surface area contributed by atoms with Crippen molar-refractivity contribution in [2.45, 2.75) is 32.6 Å². The highest BCUT2D eigenvalue weighted by atomic mass is 16.5. The molecule has 0 bridgehead atoms. The number of hydrogen-bond acceptors (Lipinski definition) is 6. The predicted octanol–water partition coefficient (Wildman–Crippen LogP) is 3.30. The average molecular weight is 416 g/mol. The molecule has 2 heterocycles. The fraction of sp³-hybridized carbons (Fsp3) is 0.591. The van der Waals surface area contributed by atoms with E-state index in [9.17, 15) is 4.79 Å². The van der Waals surface area contributed by atoms with Gasteiger partial charge in [-0.3, -0.25) is 0 Å². The van der Waals surface area contributed by atoms with Crippen molar-refractivity contribution in [3.8, 4) is 11.5 Å². The lowest BCUT2D eigenvalue weighted by atomic mass is 9.96. The Kier molecular flexibility index (Phi) is 7.54. The van der Waals surface area contributed by atoms with Crippen LogP contribution < -0.4 is 19.7 Å². The lowest BCUT2D eigenvalue weighted by Gasteiger charge is -2.34. The highest BCUT2D eigenvalue weighted by Gasteiger charge is 2.24. The number of fused-ring (bicyclic) bond motifs is 1. The van der Waals surface area contributed by atoms with Gasteiger partial charge in [-0.25, -0.2) is 4.79 Å². The Morgan fingerprint density at radius 3 is 2.60 bits per heavy atom. The summed E-state index contributed by atoms with van der Waals surface area (Å²) >= 11 is 0. The zero-order valence-electron chi connectivity index (χ0n) is 18.5. The summed E-state index contributed by atoms with van der Waals surface area (Å²) in [5, 5.41) is 13.6. The number of unbranched alkanes of at least 4 members (excludes halogenated alkanes) is 1. The third-order valence-corrected chi connectivity index (χ3v) is 5.75. The van der Waals surface area contributed by atoms with Crippen LogP contribution in [0.15, 0.2) is 18.3 Å². The quantitative estimate of drug-likeness (QED) is 0.667. The van der Waals surface area contributed by atoms with Crippen LogP contribution in [-0.4, -0.2) is 68.6 Å². The fourth-order valence-electron chi connectivity index (χ4n) is 3.93. The summed E-state index contributed by atoms with van der Waals surface area (Å²) in [6.07, 6.45) is 5.87. The van der Waals surface area contributed by atoms with E-state index < -0.39 is 0 Å². The molecule has 1 fully saturated rings. The van der Waals surface area contributed by atoms with E-state index in [1.54, 1.807) is 20.4 Å². The first-order chi connectivity index (χ1) is 14.6. The SMILES string of the molecule is CCCCNC(=O)N(C)CC1CCN(c2nncc3cc(OC)c(OC)cc23)CC1. The molecule has 1 aromatic carbocycles. The van der Waals surface area contributed by atoms with Crippen LogP contribution in [0.25, 0.3) is 10.8 Å². The zero-order chi connectivity index (χ0) is 21.5. The number of anilines is 1. The van der Waals surface area contributed by atoms with Crippen LogP contribution in [-0.2, 0) is 0 Å². The lowest BCUT2D eigenvalue weighted by Crippen LogP contribution is -2.43. The summed E-state index contributed by atoms with van der Waals surface area (Å²) in [7, 11) is 5.15. The van der Waals surface area contributed by atoms with E-state index in [2.05, 4.69) is 27.3 Å². The minimum absolute atomic E-state index is 0.0202. The maximum absolute atomic E-state index is 12.2. The molecule has 1 saturated heterocycles. The number of carbonyl (C=O) groups is 1. The van der Waals surface area contributed by atoms with Crippen molar-refractivity contribution in [2.75, 3.05) is 52.3 Å². The number of urea groups is 1. The molecule has 8 nitrogen and oxygen atoms in total. The number of amides is 2. The van der Waals surface area contributed by atoms with Gasteiger partial charge >= 0.3 is 6.03 Å². The van der Waals surface area contributed by atoms with Crippen molar-refractivity contribution >= 4 is 22.6 Å². The van der Waals surface area contributed by atoms with Crippen molar-refractivity contribution in [3.05, 3.63) is 18.3 Å². The molecule has 0 spiro atoms. The monoisotopic (exact) mass is 415 g/mol. The van der Waals surface area contributed by atoms with Crippen molar-refractivity contribution in [1.29, 1.82) is 0 Å². The van der Waals surface area contributed by atoms with Gasteiger partial charge < -0.3 is 24.6 Å². The van der Waals surface area contributed by atoms with Crippen LogP contribution in [0.3, 0.4) is 0 Å². The molecule has 2 amide bonds. The summed E-state index contributed by atoms with van der Waals surface area (Å²) < 4.78 is 10.9. The molecule has 0 saturated carbocycles. The minimum atomic E-state index is 0.0202. The number of methoxy groups -OCH3 is 2. The molecule has 3 rings (SSSR count). The van der Waals surface area contributed by atoms with E-state index in [0.29, 0.717) is 17.4 Å². The van der Waals surface area contributed by atoms with Crippen LogP contribution in [0.4, 0.5) is 10.6 Å². The molecule has 1 aliphatic rings. The van der Waals surface area contributed by atoms with Gasteiger partial charge in [0.05, 0.1) is 20.4 Å². The molecule has 1 N–H and O–H groups in total. The Labute approximate surface area is 178 Å². The van der Waals surface area contributed by atoms with Crippen molar-refractivity contribution in [2.24, 2.45) is 5.92 Å². The van der Waals surface area contributed by atoms with Gasteiger partial charge in [-0.2, -0.15) is 5.10 Å². The standard InChI is InChI=1S/C22H33N5O3/c1-5-6-9-23-22(28)26(2)15-16-7-10-27(11-8-16)21-18-13-20(30-4)19(29-3)12-17(18)14-24-25-21/h12-14,16H,5-11,15H2,1-4H3,(H,23,28). The first-order valence-electron chi connectivity index (χ1n) is 10.7. The van der Waals surface area contributed by atoms with Gasteiger partial charge in [0, 0.05) is 44.0 Å². The third-order valence-electron chi connectivity index (χ3n) is 5.75. The van der Waals surface area contributed by atoms with Crippen molar-refractivity contribution in [3.63, 3.8) is 0 Å². The molecule has 164 valence electrons. The molecule has 0 radical (unpaired) electrons. The number of benzene rings is 1. The summed E-state index contributed by atoms with van der Waals surface area (Å²) in [6, 6.07) is 3.93. The Bertz CT molecular complexity index is 852. The van der Waals surface area contributed by atoms with Crippen molar-refractivity contribution in [1.82, 2.24) is 20.4 Å². The maximum atomic E-state index is 12.2. The van der Waals surface area contributed by atoms with Crippen LogP contribution in [0.5, 0.6) is 11.5 Å². The van der Waals surface area contributed by atoms with Crippen LogP contribution in [0, 0.1) is 5.92 Å². The molecule has 1 aromatic heterocycles. The maximum Gasteiger partial charge on any atom is 0.317 e. The lowest BCUT2D eigenvalue weighted by molar-refractivity contribution is 0.195.